The topological polar surface area (TPSA) is 49.1 Å². The molecule has 0 spiro atoms. The highest BCUT2D eigenvalue weighted by Crippen LogP contribution is 2.25. The van der Waals surface area contributed by atoms with Crippen LogP contribution in [0.5, 0.6) is 0 Å². The Morgan fingerprint density at radius 1 is 1.42 bits per heavy atom. The van der Waals surface area contributed by atoms with E-state index in [0.29, 0.717) is 6.61 Å². The number of aryl methyl sites for hydroxylation is 1. The van der Waals surface area contributed by atoms with Gasteiger partial charge >= 0.3 is 5.97 Å². The van der Waals surface area contributed by atoms with Crippen molar-refractivity contribution in [2.24, 2.45) is 7.05 Å². The van der Waals surface area contributed by atoms with Gasteiger partial charge in [0.25, 0.3) is 0 Å². The number of ether oxygens (including phenoxy) is 1. The SMILES string of the molecule is CCOC(=O)Cn1nc(C)cc1-c1ccc(Br)n1C. The molecule has 0 aliphatic rings. The molecule has 0 aromatic carbocycles. The fourth-order valence-electron chi connectivity index (χ4n) is 1.94. The summed E-state index contributed by atoms with van der Waals surface area (Å²) in [4.78, 5) is 11.6. The number of aromatic nitrogens is 3. The molecule has 0 aliphatic heterocycles. The zero-order chi connectivity index (χ0) is 14.0. The lowest BCUT2D eigenvalue weighted by Gasteiger charge is -2.08. The molecule has 2 aromatic rings. The van der Waals surface area contributed by atoms with Crippen LogP contribution in [0.2, 0.25) is 0 Å². The number of hydrogen-bond acceptors (Lipinski definition) is 3. The van der Waals surface area contributed by atoms with Gasteiger partial charge in [-0.05, 0) is 48.0 Å². The fraction of sp³-hybridized carbons (Fsp3) is 0.385. The minimum Gasteiger partial charge on any atom is -0.465 e. The summed E-state index contributed by atoms with van der Waals surface area (Å²) in [5.41, 5.74) is 2.77. The molecule has 5 nitrogen and oxygen atoms in total. The lowest BCUT2D eigenvalue weighted by atomic mass is 10.3. The average molecular weight is 326 g/mol. The molecule has 2 aromatic heterocycles. The minimum absolute atomic E-state index is 0.125. The first-order valence-corrected chi connectivity index (χ1v) is 6.84. The molecule has 2 rings (SSSR count). The number of nitrogens with zero attached hydrogens (tertiary/aromatic N) is 3. The van der Waals surface area contributed by atoms with Gasteiger partial charge in [0.2, 0.25) is 0 Å². The first kappa shape index (κ1) is 13.9. The monoisotopic (exact) mass is 325 g/mol. The molecule has 0 atom stereocenters. The van der Waals surface area contributed by atoms with E-state index in [-0.39, 0.29) is 12.5 Å². The molecule has 0 saturated carbocycles. The van der Waals surface area contributed by atoms with Crippen molar-refractivity contribution in [3.8, 4) is 11.4 Å². The lowest BCUT2D eigenvalue weighted by Crippen LogP contribution is -2.15. The first-order chi connectivity index (χ1) is 9.02. The maximum atomic E-state index is 11.6. The maximum Gasteiger partial charge on any atom is 0.327 e. The molecule has 102 valence electrons. The molecule has 0 radical (unpaired) electrons. The van der Waals surface area contributed by atoms with Gasteiger partial charge in [-0.2, -0.15) is 5.10 Å². The first-order valence-electron chi connectivity index (χ1n) is 6.04. The third-order valence-corrected chi connectivity index (χ3v) is 3.61. The summed E-state index contributed by atoms with van der Waals surface area (Å²) < 4.78 is 9.62. The Labute approximate surface area is 120 Å². The van der Waals surface area contributed by atoms with Gasteiger partial charge in [0.05, 0.1) is 28.3 Å². The van der Waals surface area contributed by atoms with E-state index in [9.17, 15) is 4.79 Å². The van der Waals surface area contributed by atoms with Gasteiger partial charge in [0.15, 0.2) is 0 Å². The van der Waals surface area contributed by atoms with Gasteiger partial charge in [-0.1, -0.05) is 0 Å². The largest absolute Gasteiger partial charge is 0.465 e. The zero-order valence-electron chi connectivity index (χ0n) is 11.2. The van der Waals surface area contributed by atoms with Gasteiger partial charge in [-0.3, -0.25) is 9.48 Å². The van der Waals surface area contributed by atoms with Gasteiger partial charge in [0, 0.05) is 7.05 Å². The van der Waals surface area contributed by atoms with Crippen molar-refractivity contribution in [1.82, 2.24) is 14.3 Å². The van der Waals surface area contributed by atoms with Crippen LogP contribution in [0.1, 0.15) is 12.6 Å². The van der Waals surface area contributed by atoms with Crippen LogP contribution in [-0.4, -0.2) is 26.9 Å². The van der Waals surface area contributed by atoms with Crippen molar-refractivity contribution in [3.63, 3.8) is 0 Å². The van der Waals surface area contributed by atoms with Crippen LogP contribution in [0.25, 0.3) is 11.4 Å². The molecule has 0 saturated heterocycles. The molecule has 0 bridgehead atoms. The number of halogens is 1. The molecule has 2 heterocycles. The van der Waals surface area contributed by atoms with Crippen LogP contribution in [0, 0.1) is 6.92 Å². The highest BCUT2D eigenvalue weighted by molar-refractivity contribution is 9.10. The lowest BCUT2D eigenvalue weighted by molar-refractivity contribution is -0.144. The van der Waals surface area contributed by atoms with Crippen molar-refractivity contribution in [2.45, 2.75) is 20.4 Å². The number of carbonyl (C=O) groups is 1. The quantitative estimate of drug-likeness (QED) is 0.811. The molecule has 0 unspecified atom stereocenters. The van der Waals surface area contributed by atoms with Crippen molar-refractivity contribution in [3.05, 3.63) is 28.5 Å². The summed E-state index contributed by atoms with van der Waals surface area (Å²) in [6.07, 6.45) is 0. The predicted octanol–water partition coefficient (Wildman–Crippen LogP) is 2.52. The van der Waals surface area contributed by atoms with E-state index >= 15 is 0 Å². The van der Waals surface area contributed by atoms with Crippen molar-refractivity contribution < 1.29 is 9.53 Å². The van der Waals surface area contributed by atoms with E-state index in [1.165, 1.54) is 0 Å². The molecular weight excluding hydrogens is 310 g/mol. The molecule has 0 amide bonds. The second-order valence-electron chi connectivity index (χ2n) is 4.23. The Bertz CT molecular complexity index is 601. The van der Waals surface area contributed by atoms with Crippen LogP contribution < -0.4 is 0 Å². The van der Waals surface area contributed by atoms with Gasteiger partial charge < -0.3 is 9.30 Å². The van der Waals surface area contributed by atoms with E-state index in [4.69, 9.17) is 4.74 Å². The van der Waals surface area contributed by atoms with Gasteiger partial charge in [-0.15, -0.1) is 0 Å². The molecule has 6 heteroatoms. The Morgan fingerprint density at radius 2 is 2.16 bits per heavy atom. The standard InChI is InChI=1S/C13H16BrN3O2/c1-4-19-13(18)8-17-11(7-9(2)15-17)10-5-6-12(14)16(10)3/h5-7H,4,8H2,1-3H3. The Hall–Kier alpha value is -1.56. The summed E-state index contributed by atoms with van der Waals surface area (Å²) in [6, 6.07) is 5.91. The van der Waals surface area contributed by atoms with Crippen LogP contribution >= 0.6 is 15.9 Å². The average Bonchev–Trinajstić information content (AvgIpc) is 2.84. The van der Waals surface area contributed by atoms with E-state index in [2.05, 4.69) is 21.0 Å². The number of hydrogen-bond donors (Lipinski definition) is 0. The second-order valence-corrected chi connectivity index (χ2v) is 5.05. The third-order valence-electron chi connectivity index (χ3n) is 2.81. The summed E-state index contributed by atoms with van der Waals surface area (Å²) in [7, 11) is 1.95. The highest BCUT2D eigenvalue weighted by atomic mass is 79.9. The van der Waals surface area contributed by atoms with Crippen LogP contribution in [0.4, 0.5) is 0 Å². The highest BCUT2D eigenvalue weighted by Gasteiger charge is 2.15. The zero-order valence-corrected chi connectivity index (χ0v) is 12.8. The molecular formula is C13H16BrN3O2. The normalized spacial score (nSPS) is 10.7. The fourth-order valence-corrected chi connectivity index (χ4v) is 2.27. The Morgan fingerprint density at radius 3 is 2.74 bits per heavy atom. The maximum absolute atomic E-state index is 11.6. The predicted molar refractivity (Wildman–Crippen MR) is 75.7 cm³/mol. The van der Waals surface area contributed by atoms with E-state index in [1.54, 1.807) is 11.6 Å². The number of carbonyl (C=O) groups excluding carboxylic acids is 1. The molecule has 0 aliphatic carbocycles. The summed E-state index contributed by atoms with van der Waals surface area (Å²) in [5.74, 6) is -0.278. The van der Waals surface area contributed by atoms with Gasteiger partial charge in [-0.25, -0.2) is 0 Å². The molecule has 19 heavy (non-hydrogen) atoms. The summed E-state index contributed by atoms with van der Waals surface area (Å²) in [6.45, 7) is 4.20. The third kappa shape index (κ3) is 2.89. The number of esters is 1. The minimum atomic E-state index is -0.278. The van der Waals surface area contributed by atoms with Gasteiger partial charge in [0.1, 0.15) is 6.54 Å². The molecule has 0 N–H and O–H groups in total. The van der Waals surface area contributed by atoms with Crippen LogP contribution in [0.15, 0.2) is 22.8 Å². The Balaban J connectivity index is 2.36. The van der Waals surface area contributed by atoms with Crippen molar-refractivity contribution >= 4 is 21.9 Å². The van der Waals surface area contributed by atoms with E-state index in [0.717, 1.165) is 21.7 Å². The van der Waals surface area contributed by atoms with Crippen LogP contribution in [0.3, 0.4) is 0 Å². The van der Waals surface area contributed by atoms with E-state index < -0.39 is 0 Å². The van der Waals surface area contributed by atoms with E-state index in [1.807, 2.05) is 36.7 Å². The van der Waals surface area contributed by atoms with Crippen LogP contribution in [-0.2, 0) is 23.1 Å². The number of rotatable bonds is 4. The Kier molecular flexibility index (Phi) is 4.09. The summed E-state index contributed by atoms with van der Waals surface area (Å²) >= 11 is 3.46. The molecule has 0 fully saturated rings. The summed E-state index contributed by atoms with van der Waals surface area (Å²) in [5, 5.41) is 4.35. The second kappa shape index (κ2) is 5.61. The smallest absolute Gasteiger partial charge is 0.327 e. The van der Waals surface area contributed by atoms with Crippen molar-refractivity contribution in [1.29, 1.82) is 0 Å². The van der Waals surface area contributed by atoms with Crippen molar-refractivity contribution in [2.75, 3.05) is 6.61 Å².